The van der Waals surface area contributed by atoms with Gasteiger partial charge in [0.1, 0.15) is 23.7 Å². The van der Waals surface area contributed by atoms with E-state index in [4.69, 9.17) is 14.6 Å². The van der Waals surface area contributed by atoms with E-state index in [0.717, 1.165) is 0 Å². The second-order valence-corrected chi connectivity index (χ2v) is 5.11. The van der Waals surface area contributed by atoms with E-state index in [-0.39, 0.29) is 0 Å². The predicted molar refractivity (Wildman–Crippen MR) is 61.4 cm³/mol. The highest BCUT2D eigenvalue weighted by molar-refractivity contribution is 7.99. The summed E-state index contributed by atoms with van der Waals surface area (Å²) in [6.07, 6.45) is -4.30. The van der Waals surface area contributed by atoms with Crippen LogP contribution in [0, 0.1) is 0 Å². The fourth-order valence-electron chi connectivity index (χ4n) is 1.67. The molecule has 0 unspecified atom stereocenters. The van der Waals surface area contributed by atoms with Gasteiger partial charge >= 0.3 is 5.97 Å². The number of hydrogen-bond acceptors (Lipinski definition) is 7. The lowest BCUT2D eigenvalue weighted by Gasteiger charge is -2.41. The molecule has 7 heteroatoms. The second kappa shape index (κ2) is 6.55. The molecule has 0 radical (unpaired) electrons. The summed E-state index contributed by atoms with van der Waals surface area (Å²) in [4.78, 5) is 10.9. The molecule has 1 fully saturated rings. The van der Waals surface area contributed by atoms with Crippen LogP contribution in [0.15, 0.2) is 0 Å². The average molecular weight is 266 g/mol. The lowest BCUT2D eigenvalue weighted by atomic mass is 10.0. The minimum Gasteiger partial charge on any atom is -0.456 e. The fourth-order valence-corrected chi connectivity index (χ4v) is 2.63. The van der Waals surface area contributed by atoms with Gasteiger partial charge in [0.05, 0.1) is 6.61 Å². The molecule has 100 valence electrons. The van der Waals surface area contributed by atoms with Crippen molar-refractivity contribution in [2.24, 2.45) is 0 Å². The number of hydrogen-bond donors (Lipinski definition) is 3. The molecule has 0 aromatic rings. The van der Waals surface area contributed by atoms with Gasteiger partial charge in [-0.25, -0.2) is 0 Å². The maximum absolute atomic E-state index is 10.9. The molecule has 6 nitrogen and oxygen atoms in total. The van der Waals surface area contributed by atoms with Gasteiger partial charge < -0.3 is 24.8 Å². The Kier molecular flexibility index (Phi) is 5.68. The van der Waals surface area contributed by atoms with E-state index >= 15 is 0 Å². The van der Waals surface area contributed by atoms with Gasteiger partial charge in [0.15, 0.2) is 6.10 Å². The first-order valence-corrected chi connectivity index (χ1v) is 6.47. The van der Waals surface area contributed by atoms with Crippen LogP contribution >= 0.6 is 11.8 Å². The zero-order valence-corrected chi connectivity index (χ0v) is 10.6. The first kappa shape index (κ1) is 14.7. The van der Waals surface area contributed by atoms with E-state index in [2.05, 4.69) is 0 Å². The van der Waals surface area contributed by atoms with E-state index in [1.54, 1.807) is 0 Å². The Balaban J connectivity index is 2.78. The minimum absolute atomic E-state index is 0.397. The summed E-state index contributed by atoms with van der Waals surface area (Å²) in [5.74, 6) is 0.151. The highest BCUT2D eigenvalue weighted by Gasteiger charge is 2.46. The van der Waals surface area contributed by atoms with Crippen molar-refractivity contribution in [1.82, 2.24) is 0 Å². The monoisotopic (exact) mass is 266 g/mol. The van der Waals surface area contributed by atoms with Gasteiger partial charge in [0.2, 0.25) is 0 Å². The highest BCUT2D eigenvalue weighted by Crippen LogP contribution is 2.30. The van der Waals surface area contributed by atoms with Crippen molar-refractivity contribution in [3.8, 4) is 0 Å². The van der Waals surface area contributed by atoms with Crippen LogP contribution in [-0.4, -0.2) is 63.5 Å². The smallest absolute Gasteiger partial charge is 0.303 e. The van der Waals surface area contributed by atoms with Crippen LogP contribution in [0.25, 0.3) is 0 Å². The molecule has 1 heterocycles. The van der Waals surface area contributed by atoms with Gasteiger partial charge in [-0.05, 0) is 5.75 Å². The first-order chi connectivity index (χ1) is 8.01. The third-order valence-corrected chi connectivity index (χ3v) is 3.50. The fraction of sp³-hybridized carbons (Fsp3) is 0.900. The molecule has 1 aliphatic rings. The molecule has 0 bridgehead atoms. The number of esters is 1. The second-order valence-electron chi connectivity index (χ2n) is 3.74. The third kappa shape index (κ3) is 3.56. The van der Waals surface area contributed by atoms with Gasteiger partial charge in [0, 0.05) is 6.92 Å². The largest absolute Gasteiger partial charge is 0.456 e. The lowest BCUT2D eigenvalue weighted by molar-refractivity contribution is -0.218. The molecule has 0 aliphatic carbocycles. The summed E-state index contributed by atoms with van der Waals surface area (Å²) >= 11 is 1.35. The number of thioether (sulfide) groups is 1. The summed E-state index contributed by atoms with van der Waals surface area (Å²) in [7, 11) is 0. The number of aliphatic hydroxyl groups excluding tert-OH is 3. The zero-order valence-electron chi connectivity index (χ0n) is 9.78. The maximum Gasteiger partial charge on any atom is 0.303 e. The molecule has 5 atom stereocenters. The summed E-state index contributed by atoms with van der Waals surface area (Å²) < 4.78 is 10.4. The van der Waals surface area contributed by atoms with Crippen molar-refractivity contribution in [2.75, 3.05) is 12.4 Å². The normalized spacial score (nSPS) is 37.8. The molecular weight excluding hydrogens is 248 g/mol. The predicted octanol–water partition coefficient (Wildman–Crippen LogP) is -0.890. The molecule has 0 saturated carbocycles. The Labute approximate surface area is 104 Å². The first-order valence-electron chi connectivity index (χ1n) is 5.42. The molecular formula is C10H18O6S. The van der Waals surface area contributed by atoms with Crippen LogP contribution < -0.4 is 0 Å². The topological polar surface area (TPSA) is 96.2 Å². The minimum atomic E-state index is -1.27. The van der Waals surface area contributed by atoms with Crippen molar-refractivity contribution < 1.29 is 29.6 Å². The Morgan fingerprint density at radius 3 is 2.53 bits per heavy atom. The van der Waals surface area contributed by atoms with E-state index in [9.17, 15) is 15.0 Å². The number of ether oxygens (including phenoxy) is 2. The summed E-state index contributed by atoms with van der Waals surface area (Å²) in [5.41, 5.74) is -0.584. The summed E-state index contributed by atoms with van der Waals surface area (Å²) in [6, 6.07) is 0. The molecule has 1 rings (SSSR count). The van der Waals surface area contributed by atoms with Crippen LogP contribution in [0.3, 0.4) is 0 Å². The van der Waals surface area contributed by atoms with E-state index in [1.165, 1.54) is 18.7 Å². The Hall–Kier alpha value is -0.340. The molecule has 17 heavy (non-hydrogen) atoms. The molecule has 1 saturated heterocycles. The van der Waals surface area contributed by atoms with Crippen molar-refractivity contribution in [2.45, 2.75) is 43.7 Å². The Morgan fingerprint density at radius 1 is 1.41 bits per heavy atom. The Morgan fingerprint density at radius 2 is 2.06 bits per heavy atom. The molecule has 0 spiro atoms. The van der Waals surface area contributed by atoms with Crippen molar-refractivity contribution >= 4 is 17.7 Å². The van der Waals surface area contributed by atoms with Crippen LogP contribution in [0.1, 0.15) is 13.8 Å². The van der Waals surface area contributed by atoms with Gasteiger partial charge in [-0.15, -0.1) is 11.8 Å². The number of carbonyl (C=O) groups is 1. The summed E-state index contributed by atoms with van der Waals surface area (Å²) in [5, 5.41) is 28.5. The third-order valence-electron chi connectivity index (χ3n) is 2.46. The van der Waals surface area contributed by atoms with E-state index in [1.807, 2.05) is 6.92 Å². The SMILES string of the molecule is CCS[C@@H]1O[C@H](CO)[C@@H](O)[C@H](O)[C@H]1OC(C)=O. The lowest BCUT2D eigenvalue weighted by Crippen LogP contribution is -2.58. The molecule has 1 aliphatic heterocycles. The van der Waals surface area contributed by atoms with Crippen LogP contribution in [0.5, 0.6) is 0 Å². The standard InChI is InChI=1S/C10H18O6S/c1-3-17-10-9(15-5(2)12)8(14)7(13)6(4-11)16-10/h6-11,13-14H,3-4H2,1-2H3/t6-,7-,8+,9-,10+/m1/s1. The van der Waals surface area contributed by atoms with Gasteiger partial charge in [0.25, 0.3) is 0 Å². The number of rotatable bonds is 4. The van der Waals surface area contributed by atoms with Crippen LogP contribution in [0.2, 0.25) is 0 Å². The van der Waals surface area contributed by atoms with Crippen molar-refractivity contribution in [1.29, 1.82) is 0 Å². The molecule has 0 aromatic heterocycles. The zero-order chi connectivity index (χ0) is 13.0. The van der Waals surface area contributed by atoms with Gasteiger partial charge in [-0.2, -0.15) is 0 Å². The van der Waals surface area contributed by atoms with Crippen molar-refractivity contribution in [3.63, 3.8) is 0 Å². The maximum atomic E-state index is 10.9. The highest BCUT2D eigenvalue weighted by atomic mass is 32.2. The van der Waals surface area contributed by atoms with E-state index < -0.39 is 42.4 Å². The van der Waals surface area contributed by atoms with Crippen molar-refractivity contribution in [3.05, 3.63) is 0 Å². The van der Waals surface area contributed by atoms with Gasteiger partial charge in [-0.1, -0.05) is 6.92 Å². The Bertz CT molecular complexity index is 261. The molecule has 0 aromatic carbocycles. The average Bonchev–Trinajstić information content (AvgIpc) is 2.28. The van der Waals surface area contributed by atoms with Gasteiger partial charge in [-0.3, -0.25) is 4.79 Å². The number of aliphatic hydroxyl groups is 3. The molecule has 0 amide bonds. The molecule has 3 N–H and O–H groups in total. The summed E-state index contributed by atoms with van der Waals surface area (Å²) in [6.45, 7) is 2.72. The number of carbonyl (C=O) groups excluding carboxylic acids is 1. The van der Waals surface area contributed by atoms with Crippen LogP contribution in [0.4, 0.5) is 0 Å². The van der Waals surface area contributed by atoms with E-state index in [0.29, 0.717) is 5.75 Å². The van der Waals surface area contributed by atoms with Crippen LogP contribution in [-0.2, 0) is 14.3 Å². The quantitative estimate of drug-likeness (QED) is 0.568.